The van der Waals surface area contributed by atoms with Gasteiger partial charge in [-0.3, -0.25) is 0 Å². The van der Waals surface area contributed by atoms with Gasteiger partial charge in [-0.15, -0.1) is 0 Å². The lowest BCUT2D eigenvalue weighted by atomic mass is 10.1. The van der Waals surface area contributed by atoms with Gasteiger partial charge in [-0.2, -0.15) is 0 Å². The van der Waals surface area contributed by atoms with E-state index in [1.54, 1.807) is 0 Å². The van der Waals surface area contributed by atoms with E-state index >= 15 is 0 Å². The summed E-state index contributed by atoms with van der Waals surface area (Å²) >= 11 is 0. The van der Waals surface area contributed by atoms with Crippen molar-refractivity contribution in [3.8, 4) is 0 Å². The van der Waals surface area contributed by atoms with Crippen molar-refractivity contribution >= 4 is 11.5 Å². The fourth-order valence-electron chi connectivity index (χ4n) is 3.28. The molecule has 1 aliphatic heterocycles. The summed E-state index contributed by atoms with van der Waals surface area (Å²) in [5.74, 6) is 1.90. The van der Waals surface area contributed by atoms with E-state index in [0.717, 1.165) is 37.6 Å². The summed E-state index contributed by atoms with van der Waals surface area (Å²) in [6, 6.07) is 23.2. The smallest absolute Gasteiger partial charge is 0.135 e. The average molecular weight is 330 g/mol. The first kappa shape index (κ1) is 15.6. The van der Waals surface area contributed by atoms with Gasteiger partial charge in [-0.1, -0.05) is 48.5 Å². The molecule has 126 valence electrons. The Morgan fingerprint density at radius 2 is 1.72 bits per heavy atom. The summed E-state index contributed by atoms with van der Waals surface area (Å²) in [5.41, 5.74) is 2.42. The van der Waals surface area contributed by atoms with Crippen molar-refractivity contribution in [2.45, 2.75) is 18.9 Å². The summed E-state index contributed by atoms with van der Waals surface area (Å²) < 4.78 is 0. The molecule has 0 bridgehead atoms. The highest BCUT2D eigenvalue weighted by Gasteiger charge is 2.23. The third-order valence-electron chi connectivity index (χ3n) is 4.55. The SMILES string of the molecule is c1ccc(Cc2nccc(N3CCC(Nc4ccccc4)C3)n2)cc1. The molecule has 1 aliphatic rings. The van der Waals surface area contributed by atoms with Crippen LogP contribution >= 0.6 is 0 Å². The van der Waals surface area contributed by atoms with Crippen molar-refractivity contribution in [3.05, 3.63) is 84.3 Å². The number of nitrogens with zero attached hydrogens (tertiary/aromatic N) is 3. The van der Waals surface area contributed by atoms with E-state index in [0.29, 0.717) is 6.04 Å². The van der Waals surface area contributed by atoms with Crippen molar-refractivity contribution in [2.75, 3.05) is 23.3 Å². The lowest BCUT2D eigenvalue weighted by Gasteiger charge is -2.19. The molecule has 3 aromatic rings. The maximum atomic E-state index is 4.78. The maximum Gasteiger partial charge on any atom is 0.135 e. The van der Waals surface area contributed by atoms with Gasteiger partial charge in [0.2, 0.25) is 0 Å². The van der Waals surface area contributed by atoms with Crippen LogP contribution in [-0.4, -0.2) is 29.1 Å². The Morgan fingerprint density at radius 3 is 2.52 bits per heavy atom. The van der Waals surface area contributed by atoms with E-state index in [-0.39, 0.29) is 0 Å². The highest BCUT2D eigenvalue weighted by molar-refractivity contribution is 5.46. The quantitative estimate of drug-likeness (QED) is 0.773. The van der Waals surface area contributed by atoms with Crippen LogP contribution in [-0.2, 0) is 6.42 Å². The molecule has 0 spiro atoms. The average Bonchev–Trinajstić information content (AvgIpc) is 3.12. The van der Waals surface area contributed by atoms with Crippen LogP contribution in [0.1, 0.15) is 17.8 Å². The molecule has 1 fully saturated rings. The summed E-state index contributed by atoms with van der Waals surface area (Å²) in [6.45, 7) is 1.99. The summed E-state index contributed by atoms with van der Waals surface area (Å²) in [4.78, 5) is 11.6. The van der Waals surface area contributed by atoms with Crippen LogP contribution in [0.4, 0.5) is 11.5 Å². The zero-order valence-corrected chi connectivity index (χ0v) is 14.2. The van der Waals surface area contributed by atoms with Gasteiger partial charge < -0.3 is 10.2 Å². The predicted molar refractivity (Wildman–Crippen MR) is 102 cm³/mol. The molecule has 0 amide bonds. The number of rotatable bonds is 5. The third-order valence-corrected chi connectivity index (χ3v) is 4.55. The molecule has 1 N–H and O–H groups in total. The molecular formula is C21H22N4. The van der Waals surface area contributed by atoms with Crippen molar-refractivity contribution in [2.24, 2.45) is 0 Å². The number of aromatic nitrogens is 2. The van der Waals surface area contributed by atoms with Gasteiger partial charge in [0.05, 0.1) is 0 Å². The topological polar surface area (TPSA) is 41.1 Å². The summed E-state index contributed by atoms with van der Waals surface area (Å²) in [5, 5.41) is 3.61. The van der Waals surface area contributed by atoms with Crippen LogP contribution in [0, 0.1) is 0 Å². The number of hydrogen-bond acceptors (Lipinski definition) is 4. The Bertz CT molecular complexity index is 804. The first-order valence-corrected chi connectivity index (χ1v) is 8.79. The Morgan fingerprint density at radius 1 is 0.960 bits per heavy atom. The molecular weight excluding hydrogens is 308 g/mol. The van der Waals surface area contributed by atoms with Crippen molar-refractivity contribution in [1.29, 1.82) is 0 Å². The first-order chi connectivity index (χ1) is 12.4. The Labute approximate surface area is 148 Å². The summed E-state index contributed by atoms with van der Waals surface area (Å²) in [7, 11) is 0. The number of hydrogen-bond donors (Lipinski definition) is 1. The molecule has 2 aromatic carbocycles. The zero-order valence-electron chi connectivity index (χ0n) is 14.2. The van der Waals surface area contributed by atoms with Crippen molar-refractivity contribution in [3.63, 3.8) is 0 Å². The van der Waals surface area contributed by atoms with E-state index in [9.17, 15) is 0 Å². The lowest BCUT2D eigenvalue weighted by molar-refractivity contribution is 0.805. The van der Waals surface area contributed by atoms with Crippen LogP contribution in [0.3, 0.4) is 0 Å². The first-order valence-electron chi connectivity index (χ1n) is 8.79. The highest BCUT2D eigenvalue weighted by Crippen LogP contribution is 2.21. The standard InChI is InChI=1S/C21H22N4/c1-3-7-17(8-4-1)15-20-22-13-11-21(24-20)25-14-12-19(16-25)23-18-9-5-2-6-10-18/h1-11,13,19,23H,12,14-16H2. The number of benzene rings is 2. The van der Waals surface area contributed by atoms with Crippen LogP contribution in [0.5, 0.6) is 0 Å². The second kappa shape index (κ2) is 7.34. The van der Waals surface area contributed by atoms with E-state index in [1.165, 1.54) is 11.3 Å². The fraction of sp³-hybridized carbons (Fsp3) is 0.238. The Kier molecular flexibility index (Phi) is 4.59. The second-order valence-corrected chi connectivity index (χ2v) is 6.44. The minimum absolute atomic E-state index is 0.454. The molecule has 1 atom stereocenters. The number of para-hydroxylation sites is 1. The van der Waals surface area contributed by atoms with Crippen LogP contribution in [0.2, 0.25) is 0 Å². The molecule has 0 aliphatic carbocycles. The molecule has 4 nitrogen and oxygen atoms in total. The third kappa shape index (κ3) is 3.97. The van der Waals surface area contributed by atoms with Gasteiger partial charge >= 0.3 is 0 Å². The van der Waals surface area contributed by atoms with Gasteiger partial charge in [-0.05, 0) is 30.2 Å². The Hall–Kier alpha value is -2.88. The van der Waals surface area contributed by atoms with Gasteiger partial charge in [0.1, 0.15) is 11.6 Å². The Balaban J connectivity index is 1.41. The summed E-state index contributed by atoms with van der Waals surface area (Å²) in [6.07, 6.45) is 3.76. The van der Waals surface area contributed by atoms with Crippen molar-refractivity contribution < 1.29 is 0 Å². The minimum atomic E-state index is 0.454. The molecule has 1 unspecified atom stereocenters. The molecule has 25 heavy (non-hydrogen) atoms. The molecule has 1 saturated heterocycles. The van der Waals surface area contributed by atoms with Crippen molar-refractivity contribution in [1.82, 2.24) is 9.97 Å². The van der Waals surface area contributed by atoms with E-state index in [2.05, 4.69) is 63.7 Å². The molecule has 4 heteroatoms. The fourth-order valence-corrected chi connectivity index (χ4v) is 3.28. The molecule has 0 radical (unpaired) electrons. The highest BCUT2D eigenvalue weighted by atomic mass is 15.2. The van der Waals surface area contributed by atoms with E-state index in [1.807, 2.05) is 24.4 Å². The zero-order chi connectivity index (χ0) is 16.9. The van der Waals surface area contributed by atoms with E-state index < -0.39 is 0 Å². The minimum Gasteiger partial charge on any atom is -0.380 e. The van der Waals surface area contributed by atoms with Gasteiger partial charge in [0.25, 0.3) is 0 Å². The lowest BCUT2D eigenvalue weighted by Crippen LogP contribution is -2.26. The largest absolute Gasteiger partial charge is 0.380 e. The molecule has 0 saturated carbocycles. The van der Waals surface area contributed by atoms with Crippen LogP contribution in [0.15, 0.2) is 72.9 Å². The van der Waals surface area contributed by atoms with Gasteiger partial charge in [0.15, 0.2) is 0 Å². The molecule has 4 rings (SSSR count). The van der Waals surface area contributed by atoms with Gasteiger partial charge in [-0.25, -0.2) is 9.97 Å². The number of anilines is 2. The van der Waals surface area contributed by atoms with E-state index in [4.69, 9.17) is 4.98 Å². The predicted octanol–water partition coefficient (Wildman–Crippen LogP) is 3.76. The number of nitrogens with one attached hydrogen (secondary N) is 1. The maximum absolute atomic E-state index is 4.78. The van der Waals surface area contributed by atoms with Crippen LogP contribution in [0.25, 0.3) is 0 Å². The van der Waals surface area contributed by atoms with Crippen LogP contribution < -0.4 is 10.2 Å². The normalized spacial score (nSPS) is 16.8. The molecule has 2 heterocycles. The second-order valence-electron chi connectivity index (χ2n) is 6.44. The molecule has 1 aromatic heterocycles. The van der Waals surface area contributed by atoms with Gasteiger partial charge in [0, 0.05) is 37.4 Å². The monoisotopic (exact) mass is 330 g/mol.